The Morgan fingerprint density at radius 1 is 1.05 bits per heavy atom. The molecule has 0 bridgehead atoms. The summed E-state index contributed by atoms with van der Waals surface area (Å²) in [4.78, 5) is 34.4. The first-order valence-corrected chi connectivity index (χ1v) is 15.2. The van der Waals surface area contributed by atoms with Gasteiger partial charge in [0, 0.05) is 35.6 Å². The van der Waals surface area contributed by atoms with E-state index in [1.165, 1.54) is 0 Å². The lowest BCUT2D eigenvalue weighted by Crippen LogP contribution is -2.29. The van der Waals surface area contributed by atoms with Gasteiger partial charge in [0.25, 0.3) is 5.91 Å². The number of rotatable bonds is 7. The zero-order valence-electron chi connectivity index (χ0n) is 25.8. The fraction of sp³-hybridized carbons (Fsp3) is 0.548. The van der Waals surface area contributed by atoms with Crippen LogP contribution in [-0.4, -0.2) is 50.9 Å². The predicted molar refractivity (Wildman–Crippen MR) is 168 cm³/mol. The van der Waals surface area contributed by atoms with Gasteiger partial charge in [-0.15, -0.1) is 0 Å². The number of imidazole rings is 1. The van der Waals surface area contributed by atoms with Crippen molar-refractivity contribution in [1.82, 2.24) is 19.3 Å². The molecule has 1 saturated carbocycles. The summed E-state index contributed by atoms with van der Waals surface area (Å²) < 4.78 is 9.42. The van der Waals surface area contributed by atoms with Gasteiger partial charge in [0.15, 0.2) is 11.5 Å². The zero-order valence-corrected chi connectivity index (χ0v) is 27.4. The number of ether oxygens (including phenoxy) is 1. The first kappa shape index (κ1) is 31.9. The number of nitrogens with zero attached hydrogens (tertiary/aromatic N) is 5. The first-order valence-electron chi connectivity index (χ1n) is 14.4. The highest BCUT2D eigenvalue weighted by molar-refractivity contribution is 6.35. The van der Waals surface area contributed by atoms with Crippen molar-refractivity contribution in [2.45, 2.75) is 97.2 Å². The lowest BCUT2D eigenvalue weighted by atomic mass is 9.92. The number of amides is 1. The average Bonchev–Trinajstić information content (AvgIpc) is 3.47. The Kier molecular flexibility index (Phi) is 9.33. The van der Waals surface area contributed by atoms with Crippen LogP contribution in [0, 0.1) is 0 Å². The molecule has 11 heteroatoms. The van der Waals surface area contributed by atoms with Crippen LogP contribution in [0.3, 0.4) is 0 Å². The number of benzene rings is 1. The molecule has 1 fully saturated rings. The number of carbonyl (C=O) groups is 2. The van der Waals surface area contributed by atoms with Crippen LogP contribution in [0.1, 0.15) is 112 Å². The van der Waals surface area contributed by atoms with Gasteiger partial charge in [-0.2, -0.15) is 10.1 Å². The lowest BCUT2D eigenvalue weighted by molar-refractivity contribution is 0.00559. The van der Waals surface area contributed by atoms with Crippen molar-refractivity contribution in [2.24, 2.45) is 0 Å². The van der Waals surface area contributed by atoms with E-state index in [0.29, 0.717) is 21.7 Å². The molecule has 0 aliphatic heterocycles. The van der Waals surface area contributed by atoms with Crippen LogP contribution in [0.2, 0.25) is 10.0 Å². The van der Waals surface area contributed by atoms with E-state index in [9.17, 15) is 9.59 Å². The molecule has 0 saturated heterocycles. The quantitative estimate of drug-likeness (QED) is 0.276. The highest BCUT2D eigenvalue weighted by Crippen LogP contribution is 2.37. The third kappa shape index (κ3) is 7.29. The van der Waals surface area contributed by atoms with E-state index in [4.69, 9.17) is 38.0 Å². The molecule has 1 aromatic carbocycles. The Bertz CT molecular complexity index is 1460. The molecule has 3 aromatic rings. The van der Waals surface area contributed by atoms with E-state index in [1.54, 1.807) is 22.9 Å². The molecule has 1 N–H and O–H groups in total. The van der Waals surface area contributed by atoms with Crippen LogP contribution >= 0.6 is 23.2 Å². The largest absolute Gasteiger partial charge is 0.455 e. The number of anilines is 2. The van der Waals surface area contributed by atoms with Crippen molar-refractivity contribution in [3.8, 4) is 0 Å². The van der Waals surface area contributed by atoms with Crippen LogP contribution in [0.15, 0.2) is 24.3 Å². The second-order valence-corrected chi connectivity index (χ2v) is 14.0. The summed E-state index contributed by atoms with van der Waals surface area (Å²) in [6.45, 7) is 11.8. The molecule has 1 aliphatic rings. The van der Waals surface area contributed by atoms with Crippen molar-refractivity contribution in [2.75, 3.05) is 24.3 Å². The van der Waals surface area contributed by atoms with Crippen molar-refractivity contribution >= 4 is 46.8 Å². The number of esters is 1. The van der Waals surface area contributed by atoms with E-state index in [1.807, 2.05) is 71.2 Å². The average molecular weight is 618 g/mol. The Morgan fingerprint density at radius 3 is 2.29 bits per heavy atom. The lowest BCUT2D eigenvalue weighted by Gasteiger charge is -2.28. The minimum atomic E-state index is -0.726. The molecular formula is C31H42Cl2N6O3. The molecule has 0 spiro atoms. The maximum absolute atomic E-state index is 14.0. The predicted octanol–water partition coefficient (Wildman–Crippen LogP) is 7.51. The summed E-state index contributed by atoms with van der Waals surface area (Å²) >= 11 is 12.6. The zero-order chi connectivity index (χ0) is 31.0. The molecule has 42 heavy (non-hydrogen) atoms. The molecule has 4 rings (SSSR count). The number of hydrogen-bond donors (Lipinski definition) is 1. The van der Waals surface area contributed by atoms with Gasteiger partial charge < -0.3 is 15.0 Å². The number of aromatic nitrogens is 4. The molecule has 1 amide bonds. The molecule has 228 valence electrons. The van der Waals surface area contributed by atoms with Crippen LogP contribution in [0.4, 0.5) is 11.8 Å². The normalized spacial score (nSPS) is 14.6. The summed E-state index contributed by atoms with van der Waals surface area (Å²) in [5.74, 6) is -0.208. The Balaban J connectivity index is 1.79. The second kappa shape index (κ2) is 12.3. The molecule has 0 unspecified atom stereocenters. The van der Waals surface area contributed by atoms with Gasteiger partial charge in [0.2, 0.25) is 5.95 Å². The molecular weight excluding hydrogens is 575 g/mol. The number of hydrogen-bond acceptors (Lipinski definition) is 6. The molecule has 2 heterocycles. The Morgan fingerprint density at radius 2 is 1.71 bits per heavy atom. The fourth-order valence-electron chi connectivity index (χ4n) is 5.10. The minimum Gasteiger partial charge on any atom is -0.455 e. The third-order valence-electron chi connectivity index (χ3n) is 7.17. The standard InChI is InChI=1S/C31H42Cl2N6O3/c1-30(2,3)24-17-23(38(36-24)18-19-14-15-20(32)16-22(19)33)27(40)34-26-25(28(41)42-31(4,5)6)39(29(35-26)37(7)8)21-12-10-9-11-13-21/h14-17,21H,9-13,18H2,1-8H3,(H,34,40). The minimum absolute atomic E-state index is 0.0712. The van der Waals surface area contributed by atoms with Crippen LogP contribution < -0.4 is 10.2 Å². The monoisotopic (exact) mass is 616 g/mol. The highest BCUT2D eigenvalue weighted by Gasteiger charge is 2.34. The Hall–Kier alpha value is -3.04. The fourth-order valence-corrected chi connectivity index (χ4v) is 5.57. The number of nitrogens with one attached hydrogen (secondary N) is 1. The van der Waals surface area contributed by atoms with E-state index in [2.05, 4.69) is 5.32 Å². The van der Waals surface area contributed by atoms with Crippen molar-refractivity contribution in [3.05, 3.63) is 57.0 Å². The van der Waals surface area contributed by atoms with Gasteiger partial charge in [-0.25, -0.2) is 4.79 Å². The van der Waals surface area contributed by atoms with Crippen LogP contribution in [-0.2, 0) is 16.7 Å². The molecule has 0 atom stereocenters. The summed E-state index contributed by atoms with van der Waals surface area (Å²) in [6, 6.07) is 7.09. The van der Waals surface area contributed by atoms with Crippen LogP contribution in [0.25, 0.3) is 0 Å². The van der Waals surface area contributed by atoms with Crippen molar-refractivity contribution in [3.63, 3.8) is 0 Å². The number of halogens is 2. The van der Waals surface area contributed by atoms with Crippen LogP contribution in [0.5, 0.6) is 0 Å². The van der Waals surface area contributed by atoms with Gasteiger partial charge >= 0.3 is 5.97 Å². The number of carbonyl (C=O) groups excluding carboxylic acids is 2. The summed E-state index contributed by atoms with van der Waals surface area (Å²) in [5.41, 5.74) is 1.04. The maximum Gasteiger partial charge on any atom is 0.359 e. The summed E-state index contributed by atoms with van der Waals surface area (Å²) in [6.07, 6.45) is 5.12. The molecule has 0 radical (unpaired) electrons. The molecule has 2 aromatic heterocycles. The topological polar surface area (TPSA) is 94.3 Å². The third-order valence-corrected chi connectivity index (χ3v) is 7.76. The van der Waals surface area contributed by atoms with E-state index >= 15 is 0 Å². The van der Waals surface area contributed by atoms with Gasteiger partial charge in [-0.3, -0.25) is 14.0 Å². The summed E-state index contributed by atoms with van der Waals surface area (Å²) in [7, 11) is 3.76. The van der Waals surface area contributed by atoms with E-state index < -0.39 is 17.5 Å². The Labute approximate surface area is 258 Å². The van der Waals surface area contributed by atoms with Crippen molar-refractivity contribution < 1.29 is 14.3 Å². The second-order valence-electron chi connectivity index (χ2n) is 13.2. The SMILES string of the molecule is CN(C)c1nc(NC(=O)c2cc(C(C)(C)C)nn2Cc2ccc(Cl)cc2Cl)c(C(=O)OC(C)(C)C)n1C1CCCCC1. The highest BCUT2D eigenvalue weighted by atomic mass is 35.5. The van der Waals surface area contributed by atoms with E-state index in [-0.39, 0.29) is 29.5 Å². The first-order chi connectivity index (χ1) is 19.5. The van der Waals surface area contributed by atoms with Crippen molar-refractivity contribution in [1.29, 1.82) is 0 Å². The summed E-state index contributed by atoms with van der Waals surface area (Å²) in [5, 5.41) is 8.73. The maximum atomic E-state index is 14.0. The van der Waals surface area contributed by atoms with Gasteiger partial charge in [0.1, 0.15) is 11.3 Å². The van der Waals surface area contributed by atoms with Gasteiger partial charge in [0.05, 0.1) is 12.2 Å². The molecule has 9 nitrogen and oxygen atoms in total. The van der Waals surface area contributed by atoms with E-state index in [0.717, 1.165) is 43.4 Å². The molecule has 1 aliphatic carbocycles. The van der Waals surface area contributed by atoms with Gasteiger partial charge in [-0.05, 0) is 57.4 Å². The smallest absolute Gasteiger partial charge is 0.359 e. The van der Waals surface area contributed by atoms with Gasteiger partial charge in [-0.1, -0.05) is 69.3 Å².